The maximum Gasteiger partial charge on any atom is 0.222 e. The molecule has 0 radical (unpaired) electrons. The first-order chi connectivity index (χ1) is 11.3. The normalized spacial score (nSPS) is 16.4. The van der Waals surface area contributed by atoms with Gasteiger partial charge in [0.15, 0.2) is 0 Å². The number of phenolic OH excluding ortho intramolecular Hbond substituents is 1. The fourth-order valence-corrected chi connectivity index (χ4v) is 2.64. The van der Waals surface area contributed by atoms with E-state index in [-0.39, 0.29) is 6.10 Å². The Kier molecular flexibility index (Phi) is 5.26. The van der Waals surface area contributed by atoms with Gasteiger partial charge in [0.1, 0.15) is 17.6 Å². The molecule has 3 N–H and O–H groups in total. The Labute approximate surface area is 135 Å². The predicted molar refractivity (Wildman–Crippen MR) is 88.9 cm³/mol. The summed E-state index contributed by atoms with van der Waals surface area (Å²) in [5.41, 5.74) is 1.09. The van der Waals surface area contributed by atoms with Crippen LogP contribution in [-0.4, -0.2) is 40.8 Å². The average molecular weight is 314 g/mol. The number of aryl methyl sites for hydroxylation is 1. The van der Waals surface area contributed by atoms with Crippen molar-refractivity contribution in [2.75, 3.05) is 25.0 Å². The minimum Gasteiger partial charge on any atom is -0.508 e. The summed E-state index contributed by atoms with van der Waals surface area (Å²) in [6.07, 6.45) is 6.56. The number of fused-ring (bicyclic) bond motifs is 1. The van der Waals surface area contributed by atoms with Crippen LogP contribution in [0.4, 0.5) is 5.95 Å². The second-order valence-electron chi connectivity index (χ2n) is 5.63. The Morgan fingerprint density at radius 1 is 1.22 bits per heavy atom. The molecule has 122 valence electrons. The van der Waals surface area contributed by atoms with E-state index in [9.17, 15) is 5.11 Å². The van der Waals surface area contributed by atoms with Crippen LogP contribution >= 0.6 is 0 Å². The lowest BCUT2D eigenvalue weighted by Gasteiger charge is -2.26. The summed E-state index contributed by atoms with van der Waals surface area (Å²) in [7, 11) is 0. The van der Waals surface area contributed by atoms with Gasteiger partial charge < -0.3 is 20.5 Å². The van der Waals surface area contributed by atoms with E-state index in [1.807, 2.05) is 6.07 Å². The third-order valence-electron chi connectivity index (χ3n) is 3.82. The van der Waals surface area contributed by atoms with Gasteiger partial charge in [-0.1, -0.05) is 0 Å². The molecular formula is C17H22N4O2. The van der Waals surface area contributed by atoms with Crippen LogP contribution in [0.2, 0.25) is 0 Å². The van der Waals surface area contributed by atoms with Crippen molar-refractivity contribution >= 4 is 5.95 Å². The molecule has 1 aromatic heterocycles. The number of anilines is 1. The number of nitrogens with zero attached hydrogens (tertiary/aromatic N) is 2. The number of nitrogens with one attached hydrogen (secondary N) is 2. The van der Waals surface area contributed by atoms with Crippen molar-refractivity contribution in [2.45, 2.75) is 25.4 Å². The molecular weight excluding hydrogens is 292 g/mol. The first-order valence-corrected chi connectivity index (χ1v) is 8.01. The highest BCUT2D eigenvalue weighted by atomic mass is 16.5. The van der Waals surface area contributed by atoms with Gasteiger partial charge in [-0.05, 0) is 55.6 Å². The molecule has 2 heterocycles. The number of aromatic hydroxyl groups is 1. The third-order valence-corrected chi connectivity index (χ3v) is 3.82. The molecule has 6 nitrogen and oxygen atoms in total. The number of hydrogen-bond acceptors (Lipinski definition) is 6. The van der Waals surface area contributed by atoms with E-state index < -0.39 is 0 Å². The molecule has 0 amide bonds. The smallest absolute Gasteiger partial charge is 0.222 e. The Morgan fingerprint density at radius 2 is 2.09 bits per heavy atom. The average Bonchev–Trinajstić information content (AvgIpc) is 2.59. The lowest BCUT2D eigenvalue weighted by molar-refractivity contribution is 0.170. The summed E-state index contributed by atoms with van der Waals surface area (Å²) >= 11 is 0. The van der Waals surface area contributed by atoms with Gasteiger partial charge in [0.2, 0.25) is 5.95 Å². The van der Waals surface area contributed by atoms with Crippen molar-refractivity contribution in [3.8, 4) is 11.5 Å². The Bertz CT molecular complexity index is 621. The van der Waals surface area contributed by atoms with Gasteiger partial charge in [-0.25, -0.2) is 9.97 Å². The van der Waals surface area contributed by atoms with Crippen molar-refractivity contribution in [1.29, 1.82) is 0 Å². The van der Waals surface area contributed by atoms with Crippen molar-refractivity contribution in [1.82, 2.24) is 15.3 Å². The van der Waals surface area contributed by atoms with Gasteiger partial charge in [-0.3, -0.25) is 0 Å². The van der Waals surface area contributed by atoms with Gasteiger partial charge in [0, 0.05) is 25.5 Å². The summed E-state index contributed by atoms with van der Waals surface area (Å²) in [4.78, 5) is 8.23. The largest absolute Gasteiger partial charge is 0.508 e. The van der Waals surface area contributed by atoms with Crippen LogP contribution in [0.3, 0.4) is 0 Å². The standard InChI is InChI=1S/C17H22N4O2/c22-14-4-6-16-13(11-14)3-5-15(23-16)12-18-7-1-8-19-17-20-9-2-10-21-17/h2,4,6,9-11,15,18,22H,1,3,5,7-8,12H2,(H,19,20,21). The summed E-state index contributed by atoms with van der Waals surface area (Å²) in [5, 5.41) is 16.1. The molecule has 1 aliphatic rings. The number of ether oxygens (including phenoxy) is 1. The van der Waals surface area contributed by atoms with Crippen LogP contribution in [0.1, 0.15) is 18.4 Å². The third kappa shape index (κ3) is 4.56. The lowest BCUT2D eigenvalue weighted by atomic mass is 10.0. The molecule has 0 saturated carbocycles. The molecule has 0 aliphatic carbocycles. The van der Waals surface area contributed by atoms with Crippen molar-refractivity contribution < 1.29 is 9.84 Å². The summed E-state index contributed by atoms with van der Waals surface area (Å²) < 4.78 is 5.95. The van der Waals surface area contributed by atoms with E-state index in [1.54, 1.807) is 30.6 Å². The van der Waals surface area contributed by atoms with Crippen molar-refractivity contribution in [2.24, 2.45) is 0 Å². The first kappa shape index (κ1) is 15.6. The molecule has 0 bridgehead atoms. The van der Waals surface area contributed by atoms with E-state index in [2.05, 4.69) is 20.6 Å². The molecule has 3 rings (SSSR count). The highest BCUT2D eigenvalue weighted by Gasteiger charge is 2.19. The lowest BCUT2D eigenvalue weighted by Crippen LogP contribution is -2.35. The van der Waals surface area contributed by atoms with E-state index >= 15 is 0 Å². The van der Waals surface area contributed by atoms with Crippen LogP contribution in [0.15, 0.2) is 36.7 Å². The number of hydrogen-bond donors (Lipinski definition) is 3. The van der Waals surface area contributed by atoms with Gasteiger partial charge in [0.05, 0.1) is 0 Å². The maximum absolute atomic E-state index is 9.48. The van der Waals surface area contributed by atoms with Gasteiger partial charge in [-0.15, -0.1) is 0 Å². The van der Waals surface area contributed by atoms with Gasteiger partial charge in [-0.2, -0.15) is 0 Å². The zero-order chi connectivity index (χ0) is 15.9. The van der Waals surface area contributed by atoms with Crippen LogP contribution in [-0.2, 0) is 6.42 Å². The van der Waals surface area contributed by atoms with E-state index in [0.29, 0.717) is 11.7 Å². The number of aromatic nitrogens is 2. The van der Waals surface area contributed by atoms with Gasteiger partial charge >= 0.3 is 0 Å². The number of rotatable bonds is 7. The molecule has 1 aromatic carbocycles. The Morgan fingerprint density at radius 3 is 2.96 bits per heavy atom. The topological polar surface area (TPSA) is 79.3 Å². The highest BCUT2D eigenvalue weighted by molar-refractivity contribution is 5.41. The Hall–Kier alpha value is -2.34. The monoisotopic (exact) mass is 314 g/mol. The highest BCUT2D eigenvalue weighted by Crippen LogP contribution is 2.30. The molecule has 23 heavy (non-hydrogen) atoms. The molecule has 1 unspecified atom stereocenters. The number of benzene rings is 1. The van der Waals surface area contributed by atoms with Gasteiger partial charge in [0.25, 0.3) is 0 Å². The molecule has 1 atom stereocenters. The van der Waals surface area contributed by atoms with Crippen LogP contribution in [0.25, 0.3) is 0 Å². The van der Waals surface area contributed by atoms with Crippen molar-refractivity contribution in [3.05, 3.63) is 42.2 Å². The van der Waals surface area contributed by atoms with E-state index in [4.69, 9.17) is 4.74 Å². The molecule has 1 aliphatic heterocycles. The van der Waals surface area contributed by atoms with E-state index in [1.165, 1.54) is 0 Å². The summed E-state index contributed by atoms with van der Waals surface area (Å²) in [5.74, 6) is 1.87. The quantitative estimate of drug-likeness (QED) is 0.678. The fraction of sp³-hybridized carbons (Fsp3) is 0.412. The molecule has 2 aromatic rings. The molecule has 0 spiro atoms. The second-order valence-corrected chi connectivity index (χ2v) is 5.63. The van der Waals surface area contributed by atoms with Crippen molar-refractivity contribution in [3.63, 3.8) is 0 Å². The van der Waals surface area contributed by atoms with Crippen LogP contribution < -0.4 is 15.4 Å². The van der Waals surface area contributed by atoms with E-state index in [0.717, 1.165) is 50.2 Å². The minimum atomic E-state index is 0.192. The zero-order valence-electron chi connectivity index (χ0n) is 13.0. The molecule has 6 heteroatoms. The maximum atomic E-state index is 9.48. The SMILES string of the molecule is Oc1ccc2c(c1)CCC(CNCCCNc1ncccn1)O2. The summed E-state index contributed by atoms with van der Waals surface area (Å²) in [6, 6.07) is 7.11. The second kappa shape index (κ2) is 7.78. The fourth-order valence-electron chi connectivity index (χ4n) is 2.64. The number of phenols is 1. The van der Waals surface area contributed by atoms with Crippen LogP contribution in [0.5, 0.6) is 11.5 Å². The predicted octanol–water partition coefficient (Wildman–Crippen LogP) is 1.97. The molecule has 0 fully saturated rings. The molecule has 0 saturated heterocycles. The first-order valence-electron chi connectivity index (χ1n) is 8.01. The summed E-state index contributed by atoms with van der Waals surface area (Å²) in [6.45, 7) is 2.59. The minimum absolute atomic E-state index is 0.192. The zero-order valence-corrected chi connectivity index (χ0v) is 13.0. The Balaban J connectivity index is 1.32. The van der Waals surface area contributed by atoms with Crippen LogP contribution in [0, 0.1) is 0 Å².